The summed E-state index contributed by atoms with van der Waals surface area (Å²) in [6.07, 6.45) is 4.26. The minimum absolute atomic E-state index is 0.126. The molecule has 3 N–H and O–H groups in total. The maximum Gasteiger partial charge on any atom is 0.237 e. The summed E-state index contributed by atoms with van der Waals surface area (Å²) < 4.78 is 0. The number of rotatable bonds is 4. The molecular formula is C12H19N3O. The van der Waals surface area contributed by atoms with Gasteiger partial charge in [-0.3, -0.25) is 9.78 Å². The van der Waals surface area contributed by atoms with E-state index in [1.54, 1.807) is 19.3 Å². The molecule has 1 aromatic heterocycles. The van der Waals surface area contributed by atoms with Crippen LogP contribution >= 0.6 is 0 Å². The van der Waals surface area contributed by atoms with Crippen LogP contribution in [-0.4, -0.2) is 22.5 Å². The van der Waals surface area contributed by atoms with Gasteiger partial charge in [0, 0.05) is 17.9 Å². The number of nitrogens with one attached hydrogen (secondary N) is 1. The fourth-order valence-electron chi connectivity index (χ4n) is 1.50. The molecule has 88 valence electrons. The van der Waals surface area contributed by atoms with Crippen molar-refractivity contribution in [3.05, 3.63) is 30.1 Å². The van der Waals surface area contributed by atoms with Gasteiger partial charge in [-0.1, -0.05) is 0 Å². The van der Waals surface area contributed by atoms with Crippen molar-refractivity contribution in [3.63, 3.8) is 0 Å². The first kappa shape index (κ1) is 12.6. The third kappa shape index (κ3) is 3.98. The third-order valence-electron chi connectivity index (χ3n) is 2.27. The zero-order chi connectivity index (χ0) is 12.2. The first-order valence-corrected chi connectivity index (χ1v) is 5.37. The first-order valence-electron chi connectivity index (χ1n) is 5.37. The number of carbonyl (C=O) groups excluding carboxylic acids is 1. The molecule has 0 aromatic carbocycles. The van der Waals surface area contributed by atoms with Crippen LogP contribution in [0.1, 0.15) is 26.3 Å². The number of hydrogen-bond donors (Lipinski definition) is 2. The molecule has 1 atom stereocenters. The van der Waals surface area contributed by atoms with E-state index >= 15 is 0 Å². The van der Waals surface area contributed by atoms with Crippen molar-refractivity contribution in [2.75, 3.05) is 0 Å². The van der Waals surface area contributed by atoms with Crippen LogP contribution in [0.25, 0.3) is 0 Å². The summed E-state index contributed by atoms with van der Waals surface area (Å²) in [5.41, 5.74) is 6.36. The Morgan fingerprint density at radius 2 is 2.06 bits per heavy atom. The van der Waals surface area contributed by atoms with Crippen LogP contribution in [0.5, 0.6) is 0 Å². The fourth-order valence-corrected chi connectivity index (χ4v) is 1.50. The van der Waals surface area contributed by atoms with Crippen molar-refractivity contribution in [3.8, 4) is 0 Å². The van der Waals surface area contributed by atoms with E-state index in [0.717, 1.165) is 12.0 Å². The van der Waals surface area contributed by atoms with Crippen LogP contribution in [0.4, 0.5) is 0 Å². The van der Waals surface area contributed by atoms with Crippen molar-refractivity contribution in [2.45, 2.75) is 38.8 Å². The lowest BCUT2D eigenvalue weighted by molar-refractivity contribution is -0.123. The number of nitrogens with zero attached hydrogens (tertiary/aromatic N) is 1. The lowest BCUT2D eigenvalue weighted by Gasteiger charge is -2.27. The van der Waals surface area contributed by atoms with E-state index in [4.69, 9.17) is 5.73 Å². The third-order valence-corrected chi connectivity index (χ3v) is 2.27. The molecule has 1 rings (SSSR count). The highest BCUT2D eigenvalue weighted by atomic mass is 16.2. The van der Waals surface area contributed by atoms with Gasteiger partial charge in [0.15, 0.2) is 0 Å². The molecule has 1 heterocycles. The van der Waals surface area contributed by atoms with E-state index < -0.39 is 6.04 Å². The van der Waals surface area contributed by atoms with E-state index in [0.29, 0.717) is 0 Å². The van der Waals surface area contributed by atoms with E-state index in [-0.39, 0.29) is 11.4 Å². The lowest BCUT2D eigenvalue weighted by atomic mass is 9.95. The monoisotopic (exact) mass is 221 g/mol. The molecule has 0 fully saturated rings. The van der Waals surface area contributed by atoms with E-state index in [9.17, 15) is 4.79 Å². The molecule has 0 saturated heterocycles. The van der Waals surface area contributed by atoms with E-state index in [1.807, 2.05) is 26.0 Å². The van der Waals surface area contributed by atoms with Crippen molar-refractivity contribution >= 4 is 5.91 Å². The highest BCUT2D eigenvalue weighted by Gasteiger charge is 2.22. The molecule has 0 bridgehead atoms. The van der Waals surface area contributed by atoms with Gasteiger partial charge in [-0.25, -0.2) is 0 Å². The number of pyridine rings is 1. The molecule has 1 aromatic rings. The van der Waals surface area contributed by atoms with Gasteiger partial charge in [0.2, 0.25) is 5.91 Å². The Morgan fingerprint density at radius 1 is 1.50 bits per heavy atom. The largest absolute Gasteiger partial charge is 0.350 e. The zero-order valence-electron chi connectivity index (χ0n) is 10.0. The van der Waals surface area contributed by atoms with Crippen LogP contribution in [-0.2, 0) is 11.2 Å². The Kier molecular flexibility index (Phi) is 4.01. The molecule has 0 aliphatic carbocycles. The summed E-state index contributed by atoms with van der Waals surface area (Å²) in [7, 11) is 0. The Morgan fingerprint density at radius 3 is 2.56 bits per heavy atom. The molecule has 16 heavy (non-hydrogen) atoms. The average molecular weight is 221 g/mol. The summed E-state index contributed by atoms with van der Waals surface area (Å²) in [6, 6.07) is 3.41. The molecule has 0 radical (unpaired) electrons. The minimum Gasteiger partial charge on any atom is -0.350 e. The quantitative estimate of drug-likeness (QED) is 0.792. The van der Waals surface area contributed by atoms with Gasteiger partial charge in [-0.05, 0) is 44.9 Å². The Bertz CT molecular complexity index is 347. The SMILES string of the molecule is CC(N)C(=O)NC(C)(C)Cc1ccncc1. The van der Waals surface area contributed by atoms with E-state index in [2.05, 4.69) is 10.3 Å². The van der Waals surface area contributed by atoms with E-state index in [1.165, 1.54) is 0 Å². The topological polar surface area (TPSA) is 68.0 Å². The molecule has 1 amide bonds. The molecule has 4 nitrogen and oxygen atoms in total. The van der Waals surface area contributed by atoms with Crippen molar-refractivity contribution < 1.29 is 4.79 Å². The van der Waals surface area contributed by atoms with Crippen LogP contribution in [0.3, 0.4) is 0 Å². The van der Waals surface area contributed by atoms with Gasteiger partial charge in [-0.2, -0.15) is 0 Å². The minimum atomic E-state index is -0.475. The molecule has 4 heteroatoms. The zero-order valence-corrected chi connectivity index (χ0v) is 10.0. The Balaban J connectivity index is 2.62. The smallest absolute Gasteiger partial charge is 0.237 e. The van der Waals surface area contributed by atoms with Crippen LogP contribution in [0.2, 0.25) is 0 Å². The number of amides is 1. The Labute approximate surface area is 96.3 Å². The van der Waals surface area contributed by atoms with Gasteiger partial charge in [0.25, 0.3) is 0 Å². The summed E-state index contributed by atoms with van der Waals surface area (Å²) in [5.74, 6) is -0.126. The summed E-state index contributed by atoms with van der Waals surface area (Å²) >= 11 is 0. The lowest BCUT2D eigenvalue weighted by Crippen LogP contribution is -2.50. The van der Waals surface area contributed by atoms with Crippen LogP contribution in [0, 0.1) is 0 Å². The van der Waals surface area contributed by atoms with Gasteiger partial charge in [-0.15, -0.1) is 0 Å². The maximum absolute atomic E-state index is 11.5. The molecule has 1 unspecified atom stereocenters. The number of nitrogens with two attached hydrogens (primary N) is 1. The average Bonchev–Trinajstić information content (AvgIpc) is 2.17. The predicted octanol–water partition coefficient (Wildman–Crippen LogP) is 0.866. The number of aromatic nitrogens is 1. The first-order chi connectivity index (χ1) is 7.41. The van der Waals surface area contributed by atoms with Gasteiger partial charge in [0.05, 0.1) is 6.04 Å². The Hall–Kier alpha value is -1.42. The number of carbonyl (C=O) groups is 1. The molecular weight excluding hydrogens is 202 g/mol. The standard InChI is InChI=1S/C12H19N3O/c1-9(13)11(16)15-12(2,3)8-10-4-6-14-7-5-10/h4-7,9H,8,13H2,1-3H3,(H,15,16). The molecule has 0 saturated carbocycles. The summed E-state index contributed by atoms with van der Waals surface area (Å²) in [5, 5.41) is 2.92. The second-order valence-electron chi connectivity index (χ2n) is 4.69. The second-order valence-corrected chi connectivity index (χ2v) is 4.69. The number of hydrogen-bond acceptors (Lipinski definition) is 3. The van der Waals surface area contributed by atoms with Gasteiger partial charge < -0.3 is 11.1 Å². The second kappa shape index (κ2) is 5.07. The normalized spacial score (nSPS) is 13.2. The summed E-state index contributed by atoms with van der Waals surface area (Å²) in [6.45, 7) is 5.64. The van der Waals surface area contributed by atoms with Crippen LogP contribution in [0.15, 0.2) is 24.5 Å². The molecule has 0 spiro atoms. The molecule has 0 aliphatic heterocycles. The van der Waals surface area contributed by atoms with Gasteiger partial charge in [0.1, 0.15) is 0 Å². The van der Waals surface area contributed by atoms with Crippen molar-refractivity contribution in [1.29, 1.82) is 0 Å². The highest BCUT2D eigenvalue weighted by molar-refractivity contribution is 5.81. The highest BCUT2D eigenvalue weighted by Crippen LogP contribution is 2.11. The van der Waals surface area contributed by atoms with Crippen molar-refractivity contribution in [2.24, 2.45) is 5.73 Å². The predicted molar refractivity (Wildman–Crippen MR) is 63.8 cm³/mol. The molecule has 0 aliphatic rings. The maximum atomic E-state index is 11.5. The van der Waals surface area contributed by atoms with Gasteiger partial charge >= 0.3 is 0 Å². The van der Waals surface area contributed by atoms with Crippen molar-refractivity contribution in [1.82, 2.24) is 10.3 Å². The fraction of sp³-hybridized carbons (Fsp3) is 0.500. The summed E-state index contributed by atoms with van der Waals surface area (Å²) in [4.78, 5) is 15.5. The van der Waals surface area contributed by atoms with Crippen LogP contribution < -0.4 is 11.1 Å².